The first-order valence-corrected chi connectivity index (χ1v) is 8.13. The van der Waals surface area contributed by atoms with Gasteiger partial charge in [-0.2, -0.15) is 5.10 Å². The van der Waals surface area contributed by atoms with Crippen molar-refractivity contribution < 1.29 is 14.3 Å². The fourth-order valence-electron chi connectivity index (χ4n) is 2.76. The second-order valence-electron chi connectivity index (χ2n) is 5.59. The van der Waals surface area contributed by atoms with Gasteiger partial charge >= 0.3 is 5.63 Å². The van der Waals surface area contributed by atoms with E-state index in [1.54, 1.807) is 6.92 Å². The first-order chi connectivity index (χ1) is 11.4. The number of carbonyl (C=O) groups is 1. The Bertz CT molecular complexity index is 886. The van der Waals surface area contributed by atoms with Crippen molar-refractivity contribution in [1.29, 1.82) is 0 Å². The lowest BCUT2D eigenvalue weighted by Gasteiger charge is -2.20. The molecule has 6 nitrogen and oxygen atoms in total. The first-order valence-electron chi connectivity index (χ1n) is 7.33. The minimum Gasteiger partial charge on any atom is -0.507 e. The van der Waals surface area contributed by atoms with E-state index in [4.69, 9.17) is 4.42 Å². The molecule has 0 saturated carbocycles. The molecule has 2 heterocycles. The van der Waals surface area contributed by atoms with E-state index in [9.17, 15) is 14.7 Å². The highest BCUT2D eigenvalue weighted by Gasteiger charge is 2.33. The minimum absolute atomic E-state index is 0.00598. The van der Waals surface area contributed by atoms with Crippen LogP contribution in [0.15, 0.2) is 49.1 Å². The van der Waals surface area contributed by atoms with E-state index in [1.165, 1.54) is 18.0 Å². The number of nitrogens with zero attached hydrogens (tertiary/aromatic N) is 2. The van der Waals surface area contributed by atoms with Crippen molar-refractivity contribution in [2.75, 3.05) is 0 Å². The smallest absolute Gasteiger partial charge is 0.348 e. The molecular weight excluding hydrogens is 376 g/mol. The van der Waals surface area contributed by atoms with Gasteiger partial charge in [-0.3, -0.25) is 4.79 Å². The summed E-state index contributed by atoms with van der Waals surface area (Å²) in [7, 11) is 0. The quantitative estimate of drug-likeness (QED) is 0.853. The molecule has 0 fully saturated rings. The van der Waals surface area contributed by atoms with Crippen LogP contribution in [-0.4, -0.2) is 21.7 Å². The summed E-state index contributed by atoms with van der Waals surface area (Å²) in [6.45, 7) is 2.99. The molecule has 7 heteroatoms. The molecule has 1 amide bonds. The van der Waals surface area contributed by atoms with Gasteiger partial charge in [0.15, 0.2) is 0 Å². The zero-order valence-electron chi connectivity index (χ0n) is 13.1. The molecule has 0 radical (unpaired) electrons. The third-order valence-corrected chi connectivity index (χ3v) is 4.36. The highest BCUT2D eigenvalue weighted by Crippen LogP contribution is 2.34. The van der Waals surface area contributed by atoms with Gasteiger partial charge < -0.3 is 9.52 Å². The number of carbonyl (C=O) groups excluding carboxylic acids is 1. The van der Waals surface area contributed by atoms with E-state index in [0.29, 0.717) is 17.9 Å². The number of amides is 1. The fourth-order valence-corrected chi connectivity index (χ4v) is 3.02. The fraction of sp³-hybridized carbons (Fsp3) is 0.235. The number of hydrogen-bond donors (Lipinski definition) is 1. The second-order valence-corrected chi connectivity index (χ2v) is 6.50. The van der Waals surface area contributed by atoms with Gasteiger partial charge in [0.05, 0.1) is 11.8 Å². The number of aromatic hydroxyl groups is 1. The van der Waals surface area contributed by atoms with E-state index in [-0.39, 0.29) is 23.3 Å². The van der Waals surface area contributed by atoms with Crippen LogP contribution in [-0.2, 0) is 4.79 Å². The monoisotopic (exact) mass is 390 g/mol. The first kappa shape index (κ1) is 16.4. The Hall–Kier alpha value is -2.41. The van der Waals surface area contributed by atoms with E-state index in [1.807, 2.05) is 24.3 Å². The van der Waals surface area contributed by atoms with Crippen molar-refractivity contribution in [3.63, 3.8) is 0 Å². The molecule has 1 aromatic carbocycles. The van der Waals surface area contributed by atoms with Crippen LogP contribution in [0.5, 0.6) is 5.75 Å². The number of hydrazone groups is 1. The maximum absolute atomic E-state index is 12.1. The van der Waals surface area contributed by atoms with Crippen molar-refractivity contribution in [2.45, 2.75) is 26.3 Å². The Balaban J connectivity index is 2.03. The molecule has 0 unspecified atom stereocenters. The number of benzene rings is 1. The van der Waals surface area contributed by atoms with Crippen LogP contribution < -0.4 is 5.63 Å². The third-order valence-electron chi connectivity index (χ3n) is 3.83. The summed E-state index contributed by atoms with van der Waals surface area (Å²) < 4.78 is 5.98. The zero-order chi connectivity index (χ0) is 17.4. The molecule has 0 spiro atoms. The Labute approximate surface area is 146 Å². The molecule has 0 bridgehead atoms. The average molecular weight is 391 g/mol. The molecule has 1 aliphatic heterocycles. The van der Waals surface area contributed by atoms with Gasteiger partial charge in [0.1, 0.15) is 17.1 Å². The summed E-state index contributed by atoms with van der Waals surface area (Å²) in [5.74, 6) is -0.121. The largest absolute Gasteiger partial charge is 0.507 e. The highest BCUT2D eigenvalue weighted by molar-refractivity contribution is 9.10. The van der Waals surface area contributed by atoms with Crippen LogP contribution in [0.4, 0.5) is 0 Å². The second kappa shape index (κ2) is 6.24. The number of aryl methyl sites for hydroxylation is 1. The molecule has 124 valence electrons. The number of rotatable bonds is 2. The van der Waals surface area contributed by atoms with Gasteiger partial charge in [0.25, 0.3) is 0 Å². The van der Waals surface area contributed by atoms with Crippen molar-refractivity contribution in [1.82, 2.24) is 5.01 Å². The Kier molecular flexibility index (Phi) is 4.28. The lowest BCUT2D eigenvalue weighted by atomic mass is 9.99. The van der Waals surface area contributed by atoms with Crippen LogP contribution in [0.25, 0.3) is 0 Å². The molecule has 3 rings (SSSR count). The van der Waals surface area contributed by atoms with Crippen molar-refractivity contribution in [3.8, 4) is 5.75 Å². The molecular formula is C17H15BrN2O4. The van der Waals surface area contributed by atoms with Crippen LogP contribution in [0.3, 0.4) is 0 Å². The lowest BCUT2D eigenvalue weighted by Crippen LogP contribution is -2.24. The topological polar surface area (TPSA) is 83.1 Å². The maximum atomic E-state index is 12.1. The van der Waals surface area contributed by atoms with Crippen molar-refractivity contribution in [3.05, 3.63) is 62.1 Å². The summed E-state index contributed by atoms with van der Waals surface area (Å²) >= 11 is 3.38. The molecule has 1 N–H and O–H groups in total. The van der Waals surface area contributed by atoms with E-state index >= 15 is 0 Å². The minimum atomic E-state index is -0.661. The standard InChI is InChI=1S/C17H15BrN2O4/c1-9-7-15(22)16(17(23)24-9)13-8-14(20(19-13)10(2)21)11-3-5-12(18)6-4-11/h3-7,14,22H,8H2,1-2H3/t14-/m0/s1. The molecule has 24 heavy (non-hydrogen) atoms. The molecule has 0 saturated heterocycles. The molecule has 1 aromatic heterocycles. The Morgan fingerprint density at radius 1 is 1.38 bits per heavy atom. The van der Waals surface area contributed by atoms with Crippen LogP contribution in [0.1, 0.15) is 36.3 Å². The number of hydrogen-bond acceptors (Lipinski definition) is 5. The van der Waals surface area contributed by atoms with Crippen LogP contribution in [0.2, 0.25) is 0 Å². The predicted octanol–water partition coefficient (Wildman–Crippen LogP) is 3.11. The SMILES string of the molecule is CC(=O)N1N=C(c2c(O)cc(C)oc2=O)C[C@H]1c1ccc(Br)cc1. The summed E-state index contributed by atoms with van der Waals surface area (Å²) in [5, 5.41) is 15.7. The highest BCUT2D eigenvalue weighted by atomic mass is 79.9. The average Bonchev–Trinajstić information content (AvgIpc) is 2.92. The van der Waals surface area contributed by atoms with Gasteiger partial charge in [-0.1, -0.05) is 28.1 Å². The lowest BCUT2D eigenvalue weighted by molar-refractivity contribution is -0.130. The van der Waals surface area contributed by atoms with Gasteiger partial charge in [-0.25, -0.2) is 9.80 Å². The molecule has 2 aromatic rings. The van der Waals surface area contributed by atoms with Crippen molar-refractivity contribution in [2.24, 2.45) is 5.10 Å². The van der Waals surface area contributed by atoms with E-state index in [0.717, 1.165) is 10.0 Å². The Morgan fingerprint density at radius 2 is 2.04 bits per heavy atom. The number of halogens is 1. The Morgan fingerprint density at radius 3 is 2.62 bits per heavy atom. The van der Waals surface area contributed by atoms with Crippen molar-refractivity contribution >= 4 is 27.5 Å². The van der Waals surface area contributed by atoms with Crippen LogP contribution in [0, 0.1) is 6.92 Å². The molecule has 1 atom stereocenters. The molecule has 1 aliphatic rings. The van der Waals surface area contributed by atoms with E-state index in [2.05, 4.69) is 21.0 Å². The van der Waals surface area contributed by atoms with Crippen LogP contribution >= 0.6 is 15.9 Å². The summed E-state index contributed by atoms with van der Waals surface area (Å²) in [6, 6.07) is 8.57. The maximum Gasteiger partial charge on any atom is 0.348 e. The normalized spacial score (nSPS) is 17.0. The molecule has 0 aliphatic carbocycles. The predicted molar refractivity (Wildman–Crippen MR) is 91.9 cm³/mol. The summed E-state index contributed by atoms with van der Waals surface area (Å²) in [4.78, 5) is 24.0. The third kappa shape index (κ3) is 2.99. The zero-order valence-corrected chi connectivity index (χ0v) is 14.7. The summed E-state index contributed by atoms with van der Waals surface area (Å²) in [5.41, 5.74) is 0.574. The van der Waals surface area contributed by atoms with Gasteiger partial charge in [-0.15, -0.1) is 0 Å². The van der Waals surface area contributed by atoms with Gasteiger partial charge in [0.2, 0.25) is 5.91 Å². The summed E-state index contributed by atoms with van der Waals surface area (Å²) in [6.07, 6.45) is 0.322. The van der Waals surface area contributed by atoms with Gasteiger partial charge in [0, 0.05) is 23.9 Å². The van der Waals surface area contributed by atoms with Gasteiger partial charge in [-0.05, 0) is 24.6 Å². The van der Waals surface area contributed by atoms with E-state index < -0.39 is 5.63 Å².